The highest BCUT2D eigenvalue weighted by Crippen LogP contribution is 2.25. The van der Waals surface area contributed by atoms with Crippen LogP contribution in [-0.4, -0.2) is 13.7 Å². The number of fused-ring (bicyclic) bond motifs is 1. The number of aryl methyl sites for hydroxylation is 1. The number of hydrogen-bond acceptors (Lipinski definition) is 2. The second-order valence-electron chi connectivity index (χ2n) is 3.76. The van der Waals surface area contributed by atoms with Crippen molar-refractivity contribution >= 4 is 5.69 Å². The third kappa shape index (κ3) is 2.00. The molecule has 2 nitrogen and oxygen atoms in total. The molecule has 0 aromatic heterocycles. The number of benzene rings is 1. The molecule has 0 atom stereocenters. The van der Waals surface area contributed by atoms with Crippen LogP contribution in [-0.2, 0) is 6.42 Å². The van der Waals surface area contributed by atoms with Crippen LogP contribution in [0, 0.1) is 0 Å². The molecule has 1 aromatic carbocycles. The van der Waals surface area contributed by atoms with Gasteiger partial charge in [0, 0.05) is 18.3 Å². The highest BCUT2D eigenvalue weighted by molar-refractivity contribution is 5.55. The molecule has 1 aromatic rings. The minimum atomic E-state index is 0.942. The van der Waals surface area contributed by atoms with Crippen molar-refractivity contribution in [3.63, 3.8) is 0 Å². The van der Waals surface area contributed by atoms with E-state index in [1.165, 1.54) is 36.9 Å². The van der Waals surface area contributed by atoms with E-state index in [9.17, 15) is 0 Å². The molecule has 1 heterocycles. The predicted octanol–water partition coefficient (Wildman–Crippen LogP) is 2.83. The van der Waals surface area contributed by atoms with Crippen LogP contribution in [0.2, 0.25) is 0 Å². The number of anilines is 1. The molecule has 0 saturated carbocycles. The van der Waals surface area contributed by atoms with Gasteiger partial charge in [0.1, 0.15) is 5.75 Å². The Labute approximate surface area is 85.3 Å². The molecule has 0 fully saturated rings. The van der Waals surface area contributed by atoms with Crippen LogP contribution in [0.3, 0.4) is 0 Å². The van der Waals surface area contributed by atoms with Crippen LogP contribution in [0.15, 0.2) is 18.2 Å². The van der Waals surface area contributed by atoms with Gasteiger partial charge in [0.25, 0.3) is 0 Å². The van der Waals surface area contributed by atoms with Gasteiger partial charge in [-0.2, -0.15) is 0 Å². The number of methoxy groups -OCH3 is 1. The average molecular weight is 191 g/mol. The van der Waals surface area contributed by atoms with Crippen molar-refractivity contribution in [2.75, 3.05) is 19.0 Å². The van der Waals surface area contributed by atoms with Gasteiger partial charge in [-0.3, -0.25) is 0 Å². The number of rotatable bonds is 1. The van der Waals surface area contributed by atoms with E-state index >= 15 is 0 Å². The molecule has 1 N–H and O–H groups in total. The Balaban J connectivity index is 2.26. The zero-order chi connectivity index (χ0) is 9.80. The van der Waals surface area contributed by atoms with E-state index < -0.39 is 0 Å². The van der Waals surface area contributed by atoms with Gasteiger partial charge in [-0.05, 0) is 30.9 Å². The van der Waals surface area contributed by atoms with Gasteiger partial charge in [-0.15, -0.1) is 0 Å². The van der Waals surface area contributed by atoms with Crippen LogP contribution >= 0.6 is 0 Å². The van der Waals surface area contributed by atoms with Gasteiger partial charge in [0.05, 0.1) is 7.11 Å². The van der Waals surface area contributed by atoms with Crippen LogP contribution in [0.5, 0.6) is 5.75 Å². The fourth-order valence-electron chi connectivity index (χ4n) is 1.91. The maximum atomic E-state index is 5.21. The van der Waals surface area contributed by atoms with Crippen LogP contribution in [0.1, 0.15) is 24.8 Å². The van der Waals surface area contributed by atoms with Gasteiger partial charge >= 0.3 is 0 Å². The number of ether oxygens (including phenoxy) is 1. The third-order valence-electron chi connectivity index (χ3n) is 2.76. The van der Waals surface area contributed by atoms with Gasteiger partial charge < -0.3 is 10.1 Å². The van der Waals surface area contributed by atoms with Crippen molar-refractivity contribution in [1.29, 1.82) is 0 Å². The normalized spacial score (nSPS) is 16.1. The molecule has 76 valence electrons. The molecule has 0 spiro atoms. The molecule has 0 amide bonds. The molecule has 14 heavy (non-hydrogen) atoms. The maximum absolute atomic E-state index is 5.21. The molecule has 0 radical (unpaired) electrons. The number of hydrogen-bond donors (Lipinski definition) is 1. The minimum Gasteiger partial charge on any atom is -0.497 e. The molecular weight excluding hydrogens is 174 g/mol. The lowest BCUT2D eigenvalue weighted by atomic mass is 10.0. The summed E-state index contributed by atoms with van der Waals surface area (Å²) in [4.78, 5) is 0. The van der Waals surface area contributed by atoms with E-state index in [1.807, 2.05) is 6.07 Å². The van der Waals surface area contributed by atoms with Crippen molar-refractivity contribution in [1.82, 2.24) is 0 Å². The van der Waals surface area contributed by atoms with Crippen LogP contribution < -0.4 is 10.1 Å². The quantitative estimate of drug-likeness (QED) is 0.737. The molecule has 1 aliphatic heterocycles. The lowest BCUT2D eigenvalue weighted by molar-refractivity contribution is 0.415. The first-order valence-electron chi connectivity index (χ1n) is 5.31. The van der Waals surface area contributed by atoms with Gasteiger partial charge in [-0.25, -0.2) is 0 Å². The fraction of sp³-hybridized carbons (Fsp3) is 0.500. The lowest BCUT2D eigenvalue weighted by Gasteiger charge is -2.16. The summed E-state index contributed by atoms with van der Waals surface area (Å²) in [6.45, 7) is 1.08. The Morgan fingerprint density at radius 3 is 3.00 bits per heavy atom. The molecule has 0 bridgehead atoms. The zero-order valence-corrected chi connectivity index (χ0v) is 8.68. The Bertz CT molecular complexity index is 309. The van der Waals surface area contributed by atoms with E-state index in [0.717, 1.165) is 12.3 Å². The van der Waals surface area contributed by atoms with Gasteiger partial charge in [0.2, 0.25) is 0 Å². The van der Waals surface area contributed by atoms with E-state index in [-0.39, 0.29) is 0 Å². The molecular formula is C12H17NO. The molecule has 2 rings (SSSR count). The fourth-order valence-corrected chi connectivity index (χ4v) is 1.91. The molecule has 0 aliphatic carbocycles. The average Bonchev–Trinajstić information content (AvgIpc) is 2.18. The summed E-state index contributed by atoms with van der Waals surface area (Å²) in [5.74, 6) is 0.942. The lowest BCUT2D eigenvalue weighted by Crippen LogP contribution is -2.07. The minimum absolute atomic E-state index is 0.942. The second kappa shape index (κ2) is 4.36. The van der Waals surface area contributed by atoms with Crippen LogP contribution in [0.4, 0.5) is 5.69 Å². The second-order valence-corrected chi connectivity index (χ2v) is 3.76. The summed E-state index contributed by atoms with van der Waals surface area (Å²) < 4.78 is 5.21. The van der Waals surface area contributed by atoms with Gasteiger partial charge in [-0.1, -0.05) is 12.5 Å². The Hall–Kier alpha value is -1.18. The SMILES string of the molecule is COc1ccc2c(c1)NCCCCC2. The summed E-state index contributed by atoms with van der Waals surface area (Å²) in [7, 11) is 1.71. The summed E-state index contributed by atoms with van der Waals surface area (Å²) in [5.41, 5.74) is 2.68. The van der Waals surface area contributed by atoms with Crippen molar-refractivity contribution in [3.8, 4) is 5.75 Å². The number of nitrogens with one attached hydrogen (secondary N) is 1. The highest BCUT2D eigenvalue weighted by Gasteiger charge is 2.06. The Morgan fingerprint density at radius 2 is 2.14 bits per heavy atom. The van der Waals surface area contributed by atoms with Crippen LogP contribution in [0.25, 0.3) is 0 Å². The zero-order valence-electron chi connectivity index (χ0n) is 8.68. The Kier molecular flexibility index (Phi) is 2.92. The van der Waals surface area contributed by atoms with Gasteiger partial charge in [0.15, 0.2) is 0 Å². The molecule has 2 heteroatoms. The third-order valence-corrected chi connectivity index (χ3v) is 2.76. The summed E-state index contributed by atoms with van der Waals surface area (Å²) in [6.07, 6.45) is 5.10. The first-order valence-corrected chi connectivity index (χ1v) is 5.31. The predicted molar refractivity (Wildman–Crippen MR) is 59.0 cm³/mol. The first-order chi connectivity index (χ1) is 6.90. The van der Waals surface area contributed by atoms with Crippen molar-refractivity contribution in [2.45, 2.75) is 25.7 Å². The van der Waals surface area contributed by atoms with E-state index in [2.05, 4.69) is 17.4 Å². The first kappa shape index (κ1) is 9.38. The van der Waals surface area contributed by atoms with E-state index in [4.69, 9.17) is 4.74 Å². The largest absolute Gasteiger partial charge is 0.497 e. The summed E-state index contributed by atoms with van der Waals surface area (Å²) >= 11 is 0. The van der Waals surface area contributed by atoms with E-state index in [0.29, 0.717) is 0 Å². The van der Waals surface area contributed by atoms with Crippen molar-refractivity contribution in [3.05, 3.63) is 23.8 Å². The topological polar surface area (TPSA) is 21.3 Å². The maximum Gasteiger partial charge on any atom is 0.120 e. The monoisotopic (exact) mass is 191 g/mol. The Morgan fingerprint density at radius 1 is 1.21 bits per heavy atom. The van der Waals surface area contributed by atoms with Crippen molar-refractivity contribution < 1.29 is 4.74 Å². The van der Waals surface area contributed by atoms with E-state index in [1.54, 1.807) is 7.11 Å². The molecule has 1 aliphatic rings. The highest BCUT2D eigenvalue weighted by atomic mass is 16.5. The van der Waals surface area contributed by atoms with Crippen molar-refractivity contribution in [2.24, 2.45) is 0 Å². The standard InChI is InChI=1S/C12H17NO/c1-14-11-7-6-10-5-3-2-4-8-13-12(10)9-11/h6-7,9,13H,2-5,8H2,1H3. The summed E-state index contributed by atoms with van der Waals surface area (Å²) in [5, 5.41) is 3.46. The summed E-state index contributed by atoms with van der Waals surface area (Å²) in [6, 6.07) is 6.31. The molecule has 0 unspecified atom stereocenters. The molecule has 0 saturated heterocycles. The smallest absolute Gasteiger partial charge is 0.120 e.